The molecule has 6 nitrogen and oxygen atoms in total. The molecule has 2 aromatic carbocycles. The molecule has 140 valence electrons. The molecular formula is C17H18Cl2N2O4S. The first-order chi connectivity index (χ1) is 12.2. The van der Waals surface area contributed by atoms with Gasteiger partial charge in [0, 0.05) is 5.02 Å². The van der Waals surface area contributed by atoms with Crippen molar-refractivity contribution in [2.75, 3.05) is 11.9 Å². The van der Waals surface area contributed by atoms with Crippen molar-refractivity contribution in [2.24, 2.45) is 0 Å². The van der Waals surface area contributed by atoms with Crippen LogP contribution in [-0.2, 0) is 14.8 Å². The molecule has 1 amide bonds. The number of benzene rings is 2. The lowest BCUT2D eigenvalue weighted by atomic mass is 10.2. The van der Waals surface area contributed by atoms with E-state index in [9.17, 15) is 13.2 Å². The van der Waals surface area contributed by atoms with Crippen LogP contribution in [0, 0.1) is 0 Å². The van der Waals surface area contributed by atoms with Crippen LogP contribution >= 0.6 is 23.2 Å². The largest absolute Gasteiger partial charge is 0.492 e. The third-order valence-corrected chi connectivity index (χ3v) is 5.61. The molecule has 0 aliphatic carbocycles. The minimum absolute atomic E-state index is 0.0104. The molecule has 0 aromatic heterocycles. The lowest BCUT2D eigenvalue weighted by Crippen LogP contribution is -2.41. The number of sulfonamides is 1. The molecule has 0 aliphatic heterocycles. The van der Waals surface area contributed by atoms with Crippen molar-refractivity contribution in [1.82, 2.24) is 4.72 Å². The molecule has 0 unspecified atom stereocenters. The zero-order valence-electron chi connectivity index (χ0n) is 14.1. The first kappa shape index (κ1) is 20.5. The minimum Gasteiger partial charge on any atom is -0.492 e. The number of nitrogens with one attached hydrogen (secondary N) is 2. The van der Waals surface area contributed by atoms with Gasteiger partial charge in [-0.15, -0.1) is 0 Å². The van der Waals surface area contributed by atoms with Gasteiger partial charge in [0.05, 0.1) is 23.4 Å². The average molecular weight is 417 g/mol. The number of halogens is 2. The minimum atomic E-state index is -4.03. The number of hydrogen-bond donors (Lipinski definition) is 2. The average Bonchev–Trinajstić information content (AvgIpc) is 2.58. The van der Waals surface area contributed by atoms with Crippen molar-refractivity contribution in [1.29, 1.82) is 0 Å². The monoisotopic (exact) mass is 416 g/mol. The molecule has 26 heavy (non-hydrogen) atoms. The summed E-state index contributed by atoms with van der Waals surface area (Å²) in [5, 5.41) is 2.88. The third-order valence-electron chi connectivity index (χ3n) is 3.35. The van der Waals surface area contributed by atoms with Gasteiger partial charge in [0.15, 0.2) is 0 Å². The van der Waals surface area contributed by atoms with Crippen LogP contribution in [-0.4, -0.2) is 27.0 Å². The molecule has 2 aromatic rings. The van der Waals surface area contributed by atoms with Crippen LogP contribution in [0.3, 0.4) is 0 Å². The molecule has 2 rings (SSSR count). The Labute approximate surface area is 162 Å². The lowest BCUT2D eigenvalue weighted by Gasteiger charge is -2.17. The molecule has 0 saturated carbocycles. The smallest absolute Gasteiger partial charge is 0.242 e. The summed E-state index contributed by atoms with van der Waals surface area (Å²) >= 11 is 11.8. The second-order valence-electron chi connectivity index (χ2n) is 5.34. The van der Waals surface area contributed by atoms with Crippen molar-refractivity contribution in [3.05, 3.63) is 52.5 Å². The van der Waals surface area contributed by atoms with Crippen LogP contribution in [0.4, 0.5) is 5.69 Å². The molecule has 0 saturated heterocycles. The zero-order chi connectivity index (χ0) is 19.3. The van der Waals surface area contributed by atoms with Crippen molar-refractivity contribution in [3.8, 4) is 5.75 Å². The highest BCUT2D eigenvalue weighted by Gasteiger charge is 2.25. The van der Waals surface area contributed by atoms with E-state index in [2.05, 4.69) is 10.0 Å². The first-order valence-electron chi connectivity index (χ1n) is 7.74. The predicted molar refractivity (Wildman–Crippen MR) is 102 cm³/mol. The molecule has 0 radical (unpaired) electrons. The van der Waals surface area contributed by atoms with E-state index < -0.39 is 22.0 Å². The molecule has 2 N–H and O–H groups in total. The van der Waals surface area contributed by atoms with Gasteiger partial charge in [-0.25, -0.2) is 8.42 Å². The van der Waals surface area contributed by atoms with Crippen LogP contribution in [0.15, 0.2) is 47.4 Å². The van der Waals surface area contributed by atoms with E-state index in [1.54, 1.807) is 24.3 Å². The van der Waals surface area contributed by atoms with Gasteiger partial charge in [-0.1, -0.05) is 35.3 Å². The van der Waals surface area contributed by atoms with Crippen LogP contribution in [0.25, 0.3) is 0 Å². The maximum atomic E-state index is 12.5. The van der Waals surface area contributed by atoms with Gasteiger partial charge < -0.3 is 10.1 Å². The van der Waals surface area contributed by atoms with Crippen molar-refractivity contribution in [2.45, 2.75) is 24.8 Å². The highest BCUT2D eigenvalue weighted by molar-refractivity contribution is 7.89. The van der Waals surface area contributed by atoms with E-state index in [1.165, 1.54) is 25.1 Å². The summed E-state index contributed by atoms with van der Waals surface area (Å²) in [4.78, 5) is 12.2. The standard InChI is InChI=1S/C17H18Cl2N2O4S/c1-3-25-15-7-5-4-6-14(15)20-17(22)11(2)21-26(23,24)16-10-12(18)8-9-13(16)19/h4-11,21H,3H2,1-2H3,(H,20,22)/t11-/m0/s1. The molecule has 0 aliphatic rings. The molecule has 0 bridgehead atoms. The van der Waals surface area contributed by atoms with Crippen LogP contribution in [0.1, 0.15) is 13.8 Å². The third kappa shape index (κ3) is 5.11. The zero-order valence-corrected chi connectivity index (χ0v) is 16.5. The van der Waals surface area contributed by atoms with Crippen molar-refractivity contribution in [3.63, 3.8) is 0 Å². The predicted octanol–water partition coefficient (Wildman–Crippen LogP) is 3.70. The lowest BCUT2D eigenvalue weighted by molar-refractivity contribution is -0.117. The van der Waals surface area contributed by atoms with Crippen molar-refractivity contribution >= 4 is 44.8 Å². The van der Waals surface area contributed by atoms with E-state index in [0.717, 1.165) is 0 Å². The number of hydrogen-bond acceptors (Lipinski definition) is 4. The highest BCUT2D eigenvalue weighted by Crippen LogP contribution is 2.26. The van der Waals surface area contributed by atoms with Gasteiger partial charge in [0.2, 0.25) is 15.9 Å². The molecule has 0 spiro atoms. The normalized spacial score (nSPS) is 12.5. The van der Waals surface area contributed by atoms with E-state index in [-0.39, 0.29) is 14.9 Å². The number of carbonyl (C=O) groups excluding carboxylic acids is 1. The topological polar surface area (TPSA) is 84.5 Å². The summed E-state index contributed by atoms with van der Waals surface area (Å²) < 4.78 is 32.7. The fourth-order valence-corrected chi connectivity index (χ4v) is 4.09. The Morgan fingerprint density at radius 1 is 1.19 bits per heavy atom. The van der Waals surface area contributed by atoms with Crippen molar-refractivity contribution < 1.29 is 17.9 Å². The summed E-state index contributed by atoms with van der Waals surface area (Å²) in [6.45, 7) is 3.68. The summed E-state index contributed by atoms with van der Waals surface area (Å²) in [5.41, 5.74) is 0.450. The number of para-hydroxylation sites is 2. The second-order valence-corrected chi connectivity index (χ2v) is 7.86. The molecule has 1 atom stereocenters. The molecule has 0 heterocycles. The fraction of sp³-hybridized carbons (Fsp3) is 0.235. The molecule has 9 heteroatoms. The van der Waals surface area contributed by atoms with Gasteiger partial charge in [-0.3, -0.25) is 4.79 Å². The van der Waals surface area contributed by atoms with Crippen LogP contribution in [0.5, 0.6) is 5.75 Å². The quantitative estimate of drug-likeness (QED) is 0.720. The maximum Gasteiger partial charge on any atom is 0.242 e. The number of carbonyl (C=O) groups is 1. The number of anilines is 1. The Kier molecular flexibility index (Phi) is 6.88. The van der Waals surface area contributed by atoms with E-state index in [1.807, 2.05) is 6.92 Å². The van der Waals surface area contributed by atoms with E-state index in [0.29, 0.717) is 18.0 Å². The van der Waals surface area contributed by atoms with Crippen LogP contribution in [0.2, 0.25) is 10.0 Å². The molecule has 0 fully saturated rings. The number of amides is 1. The summed E-state index contributed by atoms with van der Waals surface area (Å²) in [6.07, 6.45) is 0. The Hall–Kier alpha value is -1.80. The van der Waals surface area contributed by atoms with Gasteiger partial charge in [0.1, 0.15) is 10.6 Å². The van der Waals surface area contributed by atoms with Gasteiger partial charge >= 0.3 is 0 Å². The van der Waals surface area contributed by atoms with Gasteiger partial charge in [-0.2, -0.15) is 4.72 Å². The Morgan fingerprint density at radius 2 is 1.88 bits per heavy atom. The summed E-state index contributed by atoms with van der Waals surface area (Å²) in [6, 6.07) is 9.90. The van der Waals surface area contributed by atoms with Gasteiger partial charge in [0.25, 0.3) is 0 Å². The Morgan fingerprint density at radius 3 is 2.58 bits per heavy atom. The van der Waals surface area contributed by atoms with E-state index in [4.69, 9.17) is 27.9 Å². The van der Waals surface area contributed by atoms with E-state index >= 15 is 0 Å². The fourth-order valence-electron chi connectivity index (χ4n) is 2.13. The Balaban J connectivity index is 2.15. The highest BCUT2D eigenvalue weighted by atomic mass is 35.5. The first-order valence-corrected chi connectivity index (χ1v) is 9.98. The number of rotatable bonds is 7. The maximum absolute atomic E-state index is 12.5. The van der Waals surface area contributed by atoms with Gasteiger partial charge in [-0.05, 0) is 44.2 Å². The SMILES string of the molecule is CCOc1ccccc1NC(=O)[C@H](C)NS(=O)(=O)c1cc(Cl)ccc1Cl. The Bertz CT molecular complexity index is 903. The summed E-state index contributed by atoms with van der Waals surface area (Å²) in [7, 11) is -4.03. The summed E-state index contributed by atoms with van der Waals surface area (Å²) in [5.74, 6) is -0.0461. The number of ether oxygens (including phenoxy) is 1. The molecular weight excluding hydrogens is 399 g/mol. The second kappa shape index (κ2) is 8.73. The van der Waals surface area contributed by atoms with Crippen LogP contribution < -0.4 is 14.8 Å².